The number of methoxy groups -OCH3 is 1. The second-order valence-electron chi connectivity index (χ2n) is 6.29. The van der Waals surface area contributed by atoms with Gasteiger partial charge in [0.05, 0.1) is 29.6 Å². The Bertz CT molecular complexity index is 1040. The third-order valence-corrected chi connectivity index (χ3v) is 4.18. The van der Waals surface area contributed by atoms with E-state index in [2.05, 4.69) is 15.3 Å². The van der Waals surface area contributed by atoms with Crippen molar-refractivity contribution in [3.05, 3.63) is 77.1 Å². The fraction of sp³-hybridized carbons (Fsp3) is 0.190. The Labute approximate surface area is 170 Å². The van der Waals surface area contributed by atoms with Gasteiger partial charge in [-0.2, -0.15) is 13.2 Å². The lowest BCUT2D eigenvalue weighted by molar-refractivity contribution is -0.138. The second-order valence-corrected chi connectivity index (χ2v) is 6.29. The summed E-state index contributed by atoms with van der Waals surface area (Å²) in [5.41, 5.74) is 0.386. The van der Waals surface area contributed by atoms with Gasteiger partial charge < -0.3 is 14.8 Å². The van der Waals surface area contributed by atoms with Crippen molar-refractivity contribution in [2.24, 2.45) is 0 Å². The van der Waals surface area contributed by atoms with Crippen molar-refractivity contribution in [1.29, 1.82) is 0 Å². The molecular weight excluding hydrogens is 399 g/mol. The molecule has 2 aromatic carbocycles. The molecule has 6 nitrogen and oxygen atoms in total. The van der Waals surface area contributed by atoms with Crippen LogP contribution < -0.4 is 10.1 Å². The fourth-order valence-electron chi connectivity index (χ4n) is 2.65. The van der Waals surface area contributed by atoms with Crippen LogP contribution in [0, 0.1) is 6.92 Å². The molecule has 0 aliphatic rings. The normalized spacial score (nSPS) is 11.1. The molecule has 0 spiro atoms. The van der Waals surface area contributed by atoms with E-state index in [1.807, 2.05) is 30.3 Å². The largest absolute Gasteiger partial charge is 0.495 e. The number of carbonyl (C=O) groups is 1. The third kappa shape index (κ3) is 5.05. The van der Waals surface area contributed by atoms with Crippen LogP contribution in [0.3, 0.4) is 0 Å². The lowest BCUT2D eigenvalue weighted by Crippen LogP contribution is -2.11. The second kappa shape index (κ2) is 8.81. The number of hydrogen-bond acceptors (Lipinski definition) is 6. The minimum Gasteiger partial charge on any atom is -0.495 e. The lowest BCUT2D eigenvalue weighted by atomic mass is 10.2. The SMILES string of the molecule is COc1cc(C(=O)OCc2ccccc2)ccc1Nc1ncc(C(F)(F)F)c(C)n1. The van der Waals surface area contributed by atoms with E-state index in [1.165, 1.54) is 32.2 Å². The van der Waals surface area contributed by atoms with Gasteiger partial charge in [-0.25, -0.2) is 14.8 Å². The third-order valence-electron chi connectivity index (χ3n) is 4.18. The summed E-state index contributed by atoms with van der Waals surface area (Å²) >= 11 is 0. The summed E-state index contributed by atoms with van der Waals surface area (Å²) in [7, 11) is 1.40. The van der Waals surface area contributed by atoms with E-state index in [1.54, 1.807) is 0 Å². The molecule has 1 N–H and O–H groups in total. The van der Waals surface area contributed by atoms with E-state index in [-0.39, 0.29) is 29.6 Å². The first-order valence-corrected chi connectivity index (χ1v) is 8.85. The van der Waals surface area contributed by atoms with Crippen LogP contribution in [0.4, 0.5) is 24.8 Å². The van der Waals surface area contributed by atoms with Crippen LogP contribution in [0.5, 0.6) is 5.75 Å². The molecule has 30 heavy (non-hydrogen) atoms. The Morgan fingerprint density at radius 3 is 2.50 bits per heavy atom. The van der Waals surface area contributed by atoms with Gasteiger partial charge in [0, 0.05) is 6.20 Å². The average Bonchev–Trinajstić information content (AvgIpc) is 2.72. The van der Waals surface area contributed by atoms with E-state index in [0.717, 1.165) is 5.56 Å². The summed E-state index contributed by atoms with van der Waals surface area (Å²) in [6.07, 6.45) is -3.81. The van der Waals surface area contributed by atoms with Crippen LogP contribution >= 0.6 is 0 Å². The van der Waals surface area contributed by atoms with E-state index < -0.39 is 17.7 Å². The standard InChI is InChI=1S/C21H18F3N3O3/c1-13-16(21(22,23)24)11-25-20(26-13)27-17-9-8-15(10-18(17)29-2)19(28)30-12-14-6-4-3-5-7-14/h3-11H,12H2,1-2H3,(H,25,26,27). The van der Waals surface area contributed by atoms with Crippen LogP contribution in [-0.4, -0.2) is 23.0 Å². The molecule has 0 saturated heterocycles. The number of ether oxygens (including phenoxy) is 2. The zero-order valence-electron chi connectivity index (χ0n) is 16.2. The van der Waals surface area contributed by atoms with Gasteiger partial charge in [0.2, 0.25) is 5.95 Å². The zero-order chi connectivity index (χ0) is 21.7. The van der Waals surface area contributed by atoms with Crippen LogP contribution in [0.2, 0.25) is 0 Å². The summed E-state index contributed by atoms with van der Waals surface area (Å²) in [4.78, 5) is 19.9. The Balaban J connectivity index is 1.74. The topological polar surface area (TPSA) is 73.3 Å². The van der Waals surface area contributed by atoms with Crippen molar-refractivity contribution in [3.63, 3.8) is 0 Å². The quantitative estimate of drug-likeness (QED) is 0.575. The number of anilines is 2. The molecule has 0 atom stereocenters. The van der Waals surface area contributed by atoms with E-state index in [4.69, 9.17) is 9.47 Å². The molecule has 3 aromatic rings. The van der Waals surface area contributed by atoms with Gasteiger partial charge >= 0.3 is 12.1 Å². The number of benzene rings is 2. The number of carbonyl (C=O) groups excluding carboxylic acids is 1. The maximum atomic E-state index is 12.9. The Morgan fingerprint density at radius 2 is 1.87 bits per heavy atom. The Hall–Kier alpha value is -3.62. The van der Waals surface area contributed by atoms with Crippen molar-refractivity contribution < 1.29 is 27.4 Å². The maximum Gasteiger partial charge on any atom is 0.419 e. The number of hydrogen-bond donors (Lipinski definition) is 1. The molecule has 1 aromatic heterocycles. The summed E-state index contributed by atoms with van der Waals surface area (Å²) < 4.78 is 49.1. The number of rotatable bonds is 6. The molecule has 156 valence electrons. The van der Waals surface area contributed by atoms with Gasteiger partial charge in [-0.1, -0.05) is 30.3 Å². The smallest absolute Gasteiger partial charge is 0.419 e. The zero-order valence-corrected chi connectivity index (χ0v) is 16.2. The highest BCUT2D eigenvalue weighted by atomic mass is 19.4. The molecule has 9 heteroatoms. The highest BCUT2D eigenvalue weighted by Crippen LogP contribution is 2.32. The average molecular weight is 417 g/mol. The van der Waals surface area contributed by atoms with Crippen molar-refractivity contribution >= 4 is 17.6 Å². The molecule has 1 heterocycles. The maximum absolute atomic E-state index is 12.9. The van der Waals surface area contributed by atoms with Gasteiger partial charge in [0.25, 0.3) is 0 Å². The van der Waals surface area contributed by atoms with Crippen LogP contribution in [-0.2, 0) is 17.5 Å². The van der Waals surface area contributed by atoms with Crippen molar-refractivity contribution in [3.8, 4) is 5.75 Å². The molecule has 0 fully saturated rings. The predicted molar refractivity (Wildman–Crippen MR) is 104 cm³/mol. The van der Waals surface area contributed by atoms with Gasteiger partial charge in [-0.3, -0.25) is 0 Å². The molecular formula is C21H18F3N3O3. The Kier molecular flexibility index (Phi) is 6.20. The molecule has 3 rings (SSSR count). The molecule has 0 aliphatic heterocycles. The number of aryl methyl sites for hydroxylation is 1. The monoisotopic (exact) mass is 417 g/mol. The number of nitrogens with zero attached hydrogens (tertiary/aromatic N) is 2. The van der Waals surface area contributed by atoms with Gasteiger partial charge in [0.1, 0.15) is 12.4 Å². The highest BCUT2D eigenvalue weighted by Gasteiger charge is 2.33. The molecule has 0 amide bonds. The molecule has 0 unspecified atom stereocenters. The Morgan fingerprint density at radius 1 is 1.13 bits per heavy atom. The first kappa shape index (κ1) is 21.1. The first-order valence-electron chi connectivity index (χ1n) is 8.85. The van der Waals surface area contributed by atoms with Crippen molar-refractivity contribution in [1.82, 2.24) is 9.97 Å². The van der Waals surface area contributed by atoms with E-state index >= 15 is 0 Å². The number of nitrogens with one attached hydrogen (secondary N) is 1. The predicted octanol–water partition coefficient (Wildman–Crippen LogP) is 4.91. The summed E-state index contributed by atoms with van der Waals surface area (Å²) in [5, 5.41) is 2.80. The summed E-state index contributed by atoms with van der Waals surface area (Å²) in [6, 6.07) is 13.7. The minimum atomic E-state index is -4.53. The summed E-state index contributed by atoms with van der Waals surface area (Å²) in [5.74, 6) is -0.283. The lowest BCUT2D eigenvalue weighted by Gasteiger charge is -2.13. The van der Waals surface area contributed by atoms with Crippen molar-refractivity contribution in [2.75, 3.05) is 12.4 Å². The molecule has 0 saturated carbocycles. The molecule has 0 radical (unpaired) electrons. The van der Waals surface area contributed by atoms with E-state index in [0.29, 0.717) is 11.9 Å². The molecule has 0 bridgehead atoms. The number of alkyl halides is 3. The summed E-state index contributed by atoms with van der Waals surface area (Å²) in [6.45, 7) is 1.37. The van der Waals surface area contributed by atoms with Crippen LogP contribution in [0.15, 0.2) is 54.7 Å². The number of esters is 1. The highest BCUT2D eigenvalue weighted by molar-refractivity contribution is 5.91. The van der Waals surface area contributed by atoms with Gasteiger partial charge in [-0.05, 0) is 30.7 Å². The number of halogens is 3. The van der Waals surface area contributed by atoms with E-state index in [9.17, 15) is 18.0 Å². The van der Waals surface area contributed by atoms with Crippen molar-refractivity contribution in [2.45, 2.75) is 19.7 Å². The molecule has 0 aliphatic carbocycles. The number of aromatic nitrogens is 2. The first-order chi connectivity index (χ1) is 14.3. The van der Waals surface area contributed by atoms with Gasteiger partial charge in [0.15, 0.2) is 0 Å². The van der Waals surface area contributed by atoms with Crippen LogP contribution in [0.1, 0.15) is 27.2 Å². The minimum absolute atomic E-state index is 0.0294. The van der Waals surface area contributed by atoms with Gasteiger partial charge in [-0.15, -0.1) is 0 Å². The fourth-order valence-corrected chi connectivity index (χ4v) is 2.65. The van der Waals surface area contributed by atoms with Crippen LogP contribution in [0.25, 0.3) is 0 Å².